The highest BCUT2D eigenvalue weighted by atomic mass is 32.2. The van der Waals surface area contributed by atoms with Crippen molar-refractivity contribution >= 4 is 33.4 Å². The Balaban J connectivity index is 1.79. The molecule has 150 valence electrons. The van der Waals surface area contributed by atoms with E-state index in [-0.39, 0.29) is 22.6 Å². The largest absolute Gasteiger partial charge is 0.493 e. The van der Waals surface area contributed by atoms with Gasteiger partial charge in [0.15, 0.2) is 11.5 Å². The molecule has 0 bridgehead atoms. The van der Waals surface area contributed by atoms with Gasteiger partial charge >= 0.3 is 0 Å². The molecule has 1 unspecified atom stereocenters. The maximum atomic E-state index is 12.7. The van der Waals surface area contributed by atoms with Crippen LogP contribution in [0.15, 0.2) is 46.2 Å². The summed E-state index contributed by atoms with van der Waals surface area (Å²) in [5, 5.41) is 2.92. The zero-order chi connectivity index (χ0) is 20.3. The number of ether oxygens (including phenoxy) is 2. The van der Waals surface area contributed by atoms with Gasteiger partial charge in [0.25, 0.3) is 0 Å². The lowest BCUT2D eigenvalue weighted by molar-refractivity contribution is -0.116. The van der Waals surface area contributed by atoms with Crippen LogP contribution in [-0.4, -0.2) is 33.8 Å². The predicted molar refractivity (Wildman–Crippen MR) is 109 cm³/mol. The van der Waals surface area contributed by atoms with Crippen molar-refractivity contribution in [2.45, 2.75) is 34.9 Å². The van der Waals surface area contributed by atoms with Crippen molar-refractivity contribution in [3.63, 3.8) is 0 Å². The van der Waals surface area contributed by atoms with E-state index < -0.39 is 10.0 Å². The summed E-state index contributed by atoms with van der Waals surface area (Å²) >= 11 is 1.55. The van der Waals surface area contributed by atoms with Gasteiger partial charge < -0.3 is 14.8 Å². The number of amides is 1. The molecule has 1 aliphatic heterocycles. The van der Waals surface area contributed by atoms with Crippen LogP contribution in [0, 0.1) is 0 Å². The van der Waals surface area contributed by atoms with E-state index in [4.69, 9.17) is 9.47 Å². The first kappa shape index (κ1) is 20.5. The fraction of sp³-hybridized carbons (Fsp3) is 0.316. The van der Waals surface area contributed by atoms with Crippen molar-refractivity contribution in [2.24, 2.45) is 0 Å². The van der Waals surface area contributed by atoms with E-state index in [9.17, 15) is 13.2 Å². The zero-order valence-electron chi connectivity index (χ0n) is 15.8. The SMILES string of the molecule is COc1ccc(CNS(=O)(=O)c2ccc3c(c2)NC(=O)CC(C)S3)cc1OC. The maximum absolute atomic E-state index is 12.7. The molecule has 9 heteroatoms. The number of thioether (sulfide) groups is 1. The summed E-state index contributed by atoms with van der Waals surface area (Å²) in [7, 11) is -0.692. The molecule has 7 nitrogen and oxygen atoms in total. The van der Waals surface area contributed by atoms with Crippen LogP contribution in [0.1, 0.15) is 18.9 Å². The predicted octanol–water partition coefficient (Wildman–Crippen LogP) is 3.01. The van der Waals surface area contributed by atoms with Crippen LogP contribution in [0.25, 0.3) is 0 Å². The van der Waals surface area contributed by atoms with Crippen LogP contribution in [0.5, 0.6) is 11.5 Å². The summed E-state index contributed by atoms with van der Waals surface area (Å²) < 4.78 is 38.4. The van der Waals surface area contributed by atoms with Gasteiger partial charge in [-0.1, -0.05) is 13.0 Å². The minimum atomic E-state index is -3.75. The van der Waals surface area contributed by atoms with Crippen molar-refractivity contribution in [1.29, 1.82) is 0 Å². The molecule has 2 aromatic rings. The normalized spacial score (nSPS) is 16.7. The summed E-state index contributed by atoms with van der Waals surface area (Å²) in [5.74, 6) is 0.979. The van der Waals surface area contributed by atoms with Gasteiger partial charge in [-0.3, -0.25) is 4.79 Å². The number of nitrogens with one attached hydrogen (secondary N) is 2. The zero-order valence-corrected chi connectivity index (χ0v) is 17.4. The highest BCUT2D eigenvalue weighted by molar-refractivity contribution is 8.00. The number of fused-ring (bicyclic) bond motifs is 1. The summed E-state index contributed by atoms with van der Waals surface area (Å²) in [6, 6.07) is 9.98. The second-order valence-electron chi connectivity index (χ2n) is 6.35. The number of hydrogen-bond acceptors (Lipinski definition) is 6. The molecule has 2 aromatic carbocycles. The molecule has 0 radical (unpaired) electrons. The Kier molecular flexibility index (Phi) is 6.17. The van der Waals surface area contributed by atoms with E-state index in [1.807, 2.05) is 6.92 Å². The molecule has 3 rings (SSSR count). The standard InChI is InChI=1S/C19H22N2O5S2/c1-12-8-19(22)21-15-10-14(5-7-18(15)27-12)28(23,24)20-11-13-4-6-16(25-2)17(9-13)26-3/h4-7,9-10,12,20H,8,11H2,1-3H3,(H,21,22). The summed E-state index contributed by atoms with van der Waals surface area (Å²) in [5.41, 5.74) is 1.25. The molecule has 1 atom stereocenters. The van der Waals surface area contributed by atoms with E-state index in [1.165, 1.54) is 20.3 Å². The van der Waals surface area contributed by atoms with Crippen LogP contribution in [0.4, 0.5) is 5.69 Å². The lowest BCUT2D eigenvalue weighted by atomic mass is 10.2. The average molecular weight is 423 g/mol. The van der Waals surface area contributed by atoms with E-state index in [0.29, 0.717) is 23.6 Å². The van der Waals surface area contributed by atoms with Gasteiger partial charge in [-0.15, -0.1) is 11.8 Å². The smallest absolute Gasteiger partial charge is 0.240 e. The quantitative estimate of drug-likeness (QED) is 0.743. The molecule has 0 aromatic heterocycles. The molecule has 0 aliphatic carbocycles. The van der Waals surface area contributed by atoms with Crippen molar-refractivity contribution in [3.05, 3.63) is 42.0 Å². The number of sulfonamides is 1. The maximum Gasteiger partial charge on any atom is 0.240 e. The van der Waals surface area contributed by atoms with Gasteiger partial charge in [-0.05, 0) is 35.9 Å². The van der Waals surface area contributed by atoms with Crippen molar-refractivity contribution in [2.75, 3.05) is 19.5 Å². The van der Waals surface area contributed by atoms with Gasteiger partial charge in [0.2, 0.25) is 15.9 Å². The van der Waals surface area contributed by atoms with Gasteiger partial charge in [0.1, 0.15) is 0 Å². The highest BCUT2D eigenvalue weighted by Crippen LogP contribution is 2.36. The number of hydrogen-bond donors (Lipinski definition) is 2. The average Bonchev–Trinajstić information content (AvgIpc) is 2.81. The molecule has 28 heavy (non-hydrogen) atoms. The third kappa shape index (κ3) is 4.60. The molecule has 2 N–H and O–H groups in total. The minimum Gasteiger partial charge on any atom is -0.493 e. The Morgan fingerprint density at radius 3 is 2.61 bits per heavy atom. The lowest BCUT2D eigenvalue weighted by Gasteiger charge is -2.12. The van der Waals surface area contributed by atoms with Crippen LogP contribution in [0.3, 0.4) is 0 Å². The second-order valence-corrected chi connectivity index (χ2v) is 9.60. The van der Waals surface area contributed by atoms with Gasteiger partial charge in [0.05, 0.1) is 24.8 Å². The Bertz CT molecular complexity index is 992. The molecular formula is C19H22N2O5S2. The van der Waals surface area contributed by atoms with Crippen LogP contribution < -0.4 is 19.5 Å². The highest BCUT2D eigenvalue weighted by Gasteiger charge is 2.22. The van der Waals surface area contributed by atoms with E-state index in [1.54, 1.807) is 42.1 Å². The second kappa shape index (κ2) is 8.42. The third-order valence-corrected chi connectivity index (χ3v) is 6.83. The van der Waals surface area contributed by atoms with Gasteiger partial charge in [0, 0.05) is 23.1 Å². The molecule has 1 aliphatic rings. The van der Waals surface area contributed by atoms with Gasteiger partial charge in [-0.2, -0.15) is 0 Å². The van der Waals surface area contributed by atoms with Crippen LogP contribution >= 0.6 is 11.8 Å². The first-order valence-electron chi connectivity index (χ1n) is 8.63. The van der Waals surface area contributed by atoms with E-state index in [2.05, 4.69) is 10.0 Å². The Labute approximate surface area is 168 Å². The number of carbonyl (C=O) groups is 1. The van der Waals surface area contributed by atoms with Gasteiger partial charge in [-0.25, -0.2) is 13.1 Å². The molecule has 1 amide bonds. The van der Waals surface area contributed by atoms with Crippen molar-refractivity contribution in [1.82, 2.24) is 4.72 Å². The molecule has 1 heterocycles. The third-order valence-electron chi connectivity index (χ3n) is 4.25. The fourth-order valence-corrected chi connectivity index (χ4v) is 4.94. The van der Waals surface area contributed by atoms with E-state index in [0.717, 1.165) is 10.5 Å². The van der Waals surface area contributed by atoms with Crippen LogP contribution in [-0.2, 0) is 21.4 Å². The Morgan fingerprint density at radius 1 is 1.14 bits per heavy atom. The minimum absolute atomic E-state index is 0.0952. The number of rotatable bonds is 6. The summed E-state index contributed by atoms with van der Waals surface area (Å²) in [6.07, 6.45) is 0.388. The molecule has 0 spiro atoms. The number of anilines is 1. The Hall–Kier alpha value is -2.23. The molecule has 0 saturated carbocycles. The monoisotopic (exact) mass is 422 g/mol. The first-order chi connectivity index (χ1) is 13.3. The fourth-order valence-electron chi connectivity index (χ4n) is 2.85. The van der Waals surface area contributed by atoms with Crippen LogP contribution in [0.2, 0.25) is 0 Å². The molecule has 0 fully saturated rings. The Morgan fingerprint density at radius 2 is 1.89 bits per heavy atom. The number of methoxy groups -OCH3 is 2. The lowest BCUT2D eigenvalue weighted by Crippen LogP contribution is -2.23. The van der Waals surface area contributed by atoms with Crippen molar-refractivity contribution in [3.8, 4) is 11.5 Å². The van der Waals surface area contributed by atoms with Crippen molar-refractivity contribution < 1.29 is 22.7 Å². The number of benzene rings is 2. The first-order valence-corrected chi connectivity index (χ1v) is 11.0. The topological polar surface area (TPSA) is 93.7 Å². The molecular weight excluding hydrogens is 400 g/mol. The number of carbonyl (C=O) groups excluding carboxylic acids is 1. The summed E-state index contributed by atoms with van der Waals surface area (Å²) in [6.45, 7) is 2.06. The molecule has 0 saturated heterocycles. The summed E-state index contributed by atoms with van der Waals surface area (Å²) in [4.78, 5) is 12.9. The van der Waals surface area contributed by atoms with E-state index >= 15 is 0 Å².